The van der Waals surface area contributed by atoms with E-state index >= 15 is 0 Å². The van der Waals surface area contributed by atoms with Crippen LogP contribution in [0.3, 0.4) is 0 Å². The standard InChI is InChI=1S/C20H18Cl2FN3O2/c1-24-10-14(12-2-3-15(21)16(22)8-12)19-17(24)5-7-26(20(19)28)11-18(27)25-6-4-13(23)9-25/h2-3,5,7-8,10,13H,4,6,9,11H2,1H3. The molecule has 1 amide bonds. The third-order valence-electron chi connectivity index (χ3n) is 5.13. The first-order valence-electron chi connectivity index (χ1n) is 8.91. The zero-order valence-electron chi connectivity index (χ0n) is 15.2. The molecule has 3 heterocycles. The quantitative estimate of drug-likeness (QED) is 0.643. The van der Waals surface area contributed by atoms with Crippen molar-refractivity contribution in [1.82, 2.24) is 14.0 Å². The number of aromatic nitrogens is 2. The second-order valence-corrected chi connectivity index (χ2v) is 7.83. The topological polar surface area (TPSA) is 47.2 Å². The van der Waals surface area contributed by atoms with Gasteiger partial charge in [-0.1, -0.05) is 29.3 Å². The van der Waals surface area contributed by atoms with Gasteiger partial charge in [0.2, 0.25) is 5.91 Å². The molecular weight excluding hydrogens is 404 g/mol. The Balaban J connectivity index is 1.76. The molecule has 1 aliphatic heterocycles. The van der Waals surface area contributed by atoms with Crippen molar-refractivity contribution >= 4 is 40.0 Å². The van der Waals surface area contributed by atoms with E-state index in [0.29, 0.717) is 34.0 Å². The van der Waals surface area contributed by atoms with Crippen LogP contribution in [0.15, 0.2) is 41.5 Å². The summed E-state index contributed by atoms with van der Waals surface area (Å²) in [6, 6.07) is 7.00. The number of hydrogen-bond donors (Lipinski definition) is 0. The average molecular weight is 422 g/mol. The number of nitrogens with zero attached hydrogens (tertiary/aromatic N) is 3. The van der Waals surface area contributed by atoms with Gasteiger partial charge in [0.05, 0.1) is 27.5 Å². The van der Waals surface area contributed by atoms with Crippen LogP contribution < -0.4 is 5.56 Å². The predicted octanol–water partition coefficient (Wildman–Crippen LogP) is 3.88. The molecule has 2 aromatic heterocycles. The molecule has 0 bridgehead atoms. The summed E-state index contributed by atoms with van der Waals surface area (Å²) in [5.74, 6) is -0.256. The molecule has 0 radical (unpaired) electrons. The summed E-state index contributed by atoms with van der Waals surface area (Å²) in [5.41, 5.74) is 1.96. The van der Waals surface area contributed by atoms with Crippen molar-refractivity contribution in [2.45, 2.75) is 19.1 Å². The lowest BCUT2D eigenvalue weighted by atomic mass is 10.1. The lowest BCUT2D eigenvalue weighted by molar-refractivity contribution is -0.131. The van der Waals surface area contributed by atoms with Crippen LogP contribution in [-0.4, -0.2) is 39.2 Å². The van der Waals surface area contributed by atoms with Crippen molar-refractivity contribution in [1.29, 1.82) is 0 Å². The molecule has 1 aliphatic rings. The van der Waals surface area contributed by atoms with E-state index in [9.17, 15) is 14.0 Å². The number of halogens is 3. The van der Waals surface area contributed by atoms with E-state index in [2.05, 4.69) is 0 Å². The molecule has 1 saturated heterocycles. The Morgan fingerprint density at radius 3 is 2.71 bits per heavy atom. The van der Waals surface area contributed by atoms with Crippen molar-refractivity contribution in [3.63, 3.8) is 0 Å². The number of benzene rings is 1. The van der Waals surface area contributed by atoms with Gasteiger partial charge in [-0.2, -0.15) is 0 Å². The minimum Gasteiger partial charge on any atom is -0.350 e. The Hall–Kier alpha value is -2.31. The third-order valence-corrected chi connectivity index (χ3v) is 5.87. The van der Waals surface area contributed by atoms with Crippen molar-refractivity contribution in [3.05, 3.63) is 57.1 Å². The molecule has 4 rings (SSSR count). The first-order chi connectivity index (χ1) is 13.3. The van der Waals surface area contributed by atoms with E-state index < -0.39 is 6.17 Å². The molecule has 0 N–H and O–H groups in total. The number of alkyl halides is 1. The summed E-state index contributed by atoms with van der Waals surface area (Å²) in [7, 11) is 1.85. The normalized spacial score (nSPS) is 16.9. The fourth-order valence-electron chi connectivity index (χ4n) is 3.64. The average Bonchev–Trinajstić information content (AvgIpc) is 3.24. The van der Waals surface area contributed by atoms with E-state index in [1.807, 2.05) is 17.8 Å². The molecule has 1 unspecified atom stereocenters. The molecule has 5 nitrogen and oxygen atoms in total. The summed E-state index contributed by atoms with van der Waals surface area (Å²) in [6.45, 7) is 0.365. The number of likely N-dealkylation sites (tertiary alicyclic amines) is 1. The smallest absolute Gasteiger partial charge is 0.261 e. The fourth-order valence-corrected chi connectivity index (χ4v) is 3.93. The van der Waals surface area contributed by atoms with Crippen LogP contribution in [0.4, 0.5) is 4.39 Å². The highest BCUT2D eigenvalue weighted by Gasteiger charge is 2.26. The maximum Gasteiger partial charge on any atom is 0.261 e. The highest BCUT2D eigenvalue weighted by Crippen LogP contribution is 2.32. The first kappa shape index (κ1) is 19.0. The zero-order valence-corrected chi connectivity index (χ0v) is 16.7. The third kappa shape index (κ3) is 3.31. The maximum absolute atomic E-state index is 13.4. The predicted molar refractivity (Wildman–Crippen MR) is 109 cm³/mol. The molecular formula is C20H18Cl2FN3O2. The van der Waals surface area contributed by atoms with Crippen LogP contribution in [0.5, 0.6) is 0 Å². The molecule has 28 heavy (non-hydrogen) atoms. The van der Waals surface area contributed by atoms with Crippen molar-refractivity contribution < 1.29 is 9.18 Å². The van der Waals surface area contributed by atoms with Gasteiger partial charge in [0, 0.05) is 31.5 Å². The Labute approximate surface area is 170 Å². The molecule has 0 spiro atoms. The molecule has 1 fully saturated rings. The largest absolute Gasteiger partial charge is 0.350 e. The first-order valence-corrected chi connectivity index (χ1v) is 9.66. The van der Waals surface area contributed by atoms with Crippen LogP contribution in [0.1, 0.15) is 6.42 Å². The van der Waals surface area contributed by atoms with Gasteiger partial charge >= 0.3 is 0 Å². The van der Waals surface area contributed by atoms with Crippen LogP contribution >= 0.6 is 23.2 Å². The highest BCUT2D eigenvalue weighted by atomic mass is 35.5. The van der Waals surface area contributed by atoms with E-state index in [-0.39, 0.29) is 24.6 Å². The minimum absolute atomic E-state index is 0.0929. The number of carbonyl (C=O) groups excluding carboxylic acids is 1. The number of pyridine rings is 1. The van der Waals surface area contributed by atoms with Crippen LogP contribution in [-0.2, 0) is 18.4 Å². The summed E-state index contributed by atoms with van der Waals surface area (Å²) in [4.78, 5) is 27.1. The monoisotopic (exact) mass is 421 g/mol. The second-order valence-electron chi connectivity index (χ2n) is 7.02. The minimum atomic E-state index is -0.987. The summed E-state index contributed by atoms with van der Waals surface area (Å²) >= 11 is 12.1. The van der Waals surface area contributed by atoms with Gasteiger partial charge in [-0.15, -0.1) is 0 Å². The summed E-state index contributed by atoms with van der Waals surface area (Å²) < 4.78 is 16.6. The highest BCUT2D eigenvalue weighted by molar-refractivity contribution is 6.42. The summed E-state index contributed by atoms with van der Waals surface area (Å²) in [6.07, 6.45) is 2.81. The van der Waals surface area contributed by atoms with Gasteiger partial charge in [-0.05, 0) is 30.2 Å². The SMILES string of the molecule is Cn1cc(-c2ccc(Cl)c(Cl)c2)c2c(=O)n(CC(=O)N3CCC(F)C3)ccc21. The Kier molecular flexibility index (Phi) is 4.93. The molecule has 1 aromatic carbocycles. The number of hydrogen-bond acceptors (Lipinski definition) is 2. The molecule has 0 aliphatic carbocycles. The van der Waals surface area contributed by atoms with E-state index in [4.69, 9.17) is 23.2 Å². The summed E-state index contributed by atoms with van der Waals surface area (Å²) in [5, 5.41) is 1.34. The van der Waals surface area contributed by atoms with Gasteiger partial charge in [0.25, 0.3) is 5.56 Å². The van der Waals surface area contributed by atoms with Crippen LogP contribution in [0, 0.1) is 0 Å². The fraction of sp³-hybridized carbons (Fsp3) is 0.300. The van der Waals surface area contributed by atoms with Gasteiger partial charge in [0.1, 0.15) is 12.7 Å². The van der Waals surface area contributed by atoms with Gasteiger partial charge in [0.15, 0.2) is 0 Å². The van der Waals surface area contributed by atoms with Crippen LogP contribution in [0.25, 0.3) is 22.0 Å². The number of amides is 1. The lowest BCUT2D eigenvalue weighted by Crippen LogP contribution is -2.35. The molecule has 1 atom stereocenters. The second kappa shape index (κ2) is 7.26. The zero-order chi connectivity index (χ0) is 20.0. The Morgan fingerprint density at radius 1 is 1.25 bits per heavy atom. The van der Waals surface area contributed by atoms with Crippen molar-refractivity contribution in [2.75, 3.05) is 13.1 Å². The van der Waals surface area contributed by atoms with E-state index in [1.165, 1.54) is 9.47 Å². The van der Waals surface area contributed by atoms with E-state index in [1.54, 1.807) is 30.5 Å². The molecule has 146 valence electrons. The number of rotatable bonds is 3. The van der Waals surface area contributed by atoms with Crippen molar-refractivity contribution in [3.8, 4) is 11.1 Å². The van der Waals surface area contributed by atoms with Crippen LogP contribution in [0.2, 0.25) is 10.0 Å². The number of fused-ring (bicyclic) bond motifs is 1. The van der Waals surface area contributed by atoms with Gasteiger partial charge in [-0.25, -0.2) is 4.39 Å². The van der Waals surface area contributed by atoms with Gasteiger partial charge in [-0.3, -0.25) is 9.59 Å². The Morgan fingerprint density at radius 2 is 2.04 bits per heavy atom. The van der Waals surface area contributed by atoms with E-state index in [0.717, 1.165) is 11.1 Å². The number of aryl methyl sites for hydroxylation is 1. The van der Waals surface area contributed by atoms with Gasteiger partial charge < -0.3 is 14.0 Å². The Bertz CT molecular complexity index is 1140. The molecule has 3 aromatic rings. The van der Waals surface area contributed by atoms with Crippen molar-refractivity contribution in [2.24, 2.45) is 7.05 Å². The molecule has 0 saturated carbocycles. The lowest BCUT2D eigenvalue weighted by Gasteiger charge is -2.16. The number of carbonyl (C=O) groups is 1. The molecule has 8 heteroatoms. The maximum atomic E-state index is 13.4.